The first-order valence-electron chi connectivity index (χ1n) is 7.86. The Morgan fingerprint density at radius 2 is 2.27 bits per heavy atom. The minimum Gasteiger partial charge on any atom is -0.377 e. The zero-order valence-corrected chi connectivity index (χ0v) is 14.6. The van der Waals surface area contributed by atoms with Gasteiger partial charge in [-0.1, -0.05) is 31.6 Å². The molecule has 0 unspecified atom stereocenters. The van der Waals surface area contributed by atoms with Gasteiger partial charge in [0.1, 0.15) is 0 Å². The minimum absolute atomic E-state index is 0.106. The van der Waals surface area contributed by atoms with E-state index in [1.807, 2.05) is 7.05 Å². The first-order chi connectivity index (χ1) is 10.6. The molecule has 5 heteroatoms. The fourth-order valence-corrected chi connectivity index (χ4v) is 3.26. The van der Waals surface area contributed by atoms with Crippen molar-refractivity contribution in [3.05, 3.63) is 34.0 Å². The Balaban J connectivity index is 1.74. The van der Waals surface area contributed by atoms with E-state index < -0.39 is 0 Å². The number of ether oxygens (including phenoxy) is 1. The summed E-state index contributed by atoms with van der Waals surface area (Å²) in [6.07, 6.45) is 4.30. The second kappa shape index (κ2) is 8.34. The Morgan fingerprint density at radius 3 is 2.91 bits per heavy atom. The first-order valence-corrected chi connectivity index (χ1v) is 8.74. The number of nitrogens with one attached hydrogen (secondary N) is 2. The summed E-state index contributed by atoms with van der Waals surface area (Å²) in [7, 11) is 1.82. The Bertz CT molecular complexity index is 506. The molecule has 0 bridgehead atoms. The molecule has 0 atom stereocenters. The van der Waals surface area contributed by atoms with E-state index in [4.69, 9.17) is 4.74 Å². The van der Waals surface area contributed by atoms with Crippen LogP contribution in [0.1, 0.15) is 31.6 Å². The van der Waals surface area contributed by atoms with E-state index in [-0.39, 0.29) is 5.41 Å². The average molecular weight is 321 g/mol. The van der Waals surface area contributed by atoms with Gasteiger partial charge in [-0.05, 0) is 24.3 Å². The summed E-state index contributed by atoms with van der Waals surface area (Å²) in [5.74, 6) is 0.872. The SMILES string of the molecule is CN=C(NCCC1=CCOCC1)NCC(C)(C)c1cccs1. The summed E-state index contributed by atoms with van der Waals surface area (Å²) in [5, 5.41) is 8.96. The van der Waals surface area contributed by atoms with Crippen LogP contribution in [0.25, 0.3) is 0 Å². The molecular weight excluding hydrogens is 294 g/mol. The van der Waals surface area contributed by atoms with E-state index >= 15 is 0 Å². The number of aliphatic imine (C=N–C) groups is 1. The van der Waals surface area contributed by atoms with Crippen molar-refractivity contribution < 1.29 is 4.74 Å². The number of rotatable bonds is 6. The van der Waals surface area contributed by atoms with Gasteiger partial charge < -0.3 is 15.4 Å². The summed E-state index contributed by atoms with van der Waals surface area (Å²) in [6, 6.07) is 4.30. The van der Waals surface area contributed by atoms with Crippen LogP contribution in [0.2, 0.25) is 0 Å². The lowest BCUT2D eigenvalue weighted by molar-refractivity contribution is 0.153. The molecule has 1 aliphatic rings. The zero-order chi connectivity index (χ0) is 15.8. The van der Waals surface area contributed by atoms with Crippen molar-refractivity contribution in [2.75, 3.05) is 33.4 Å². The van der Waals surface area contributed by atoms with Gasteiger partial charge in [0.25, 0.3) is 0 Å². The Labute approximate surface area is 137 Å². The fourth-order valence-electron chi connectivity index (χ4n) is 2.41. The summed E-state index contributed by atoms with van der Waals surface area (Å²) in [4.78, 5) is 5.70. The molecule has 0 amide bonds. The summed E-state index contributed by atoms with van der Waals surface area (Å²) in [5.41, 5.74) is 1.59. The van der Waals surface area contributed by atoms with Crippen LogP contribution in [0.4, 0.5) is 0 Å². The fraction of sp³-hybridized carbons (Fsp3) is 0.588. The van der Waals surface area contributed by atoms with E-state index in [9.17, 15) is 0 Å². The highest BCUT2D eigenvalue weighted by atomic mass is 32.1. The largest absolute Gasteiger partial charge is 0.377 e. The highest BCUT2D eigenvalue weighted by molar-refractivity contribution is 7.10. The smallest absolute Gasteiger partial charge is 0.191 e. The summed E-state index contributed by atoms with van der Waals surface area (Å²) >= 11 is 1.81. The van der Waals surface area contributed by atoms with Crippen LogP contribution in [0.3, 0.4) is 0 Å². The molecule has 0 spiro atoms. The Hall–Kier alpha value is -1.33. The topological polar surface area (TPSA) is 45.7 Å². The molecule has 0 saturated heterocycles. The van der Waals surface area contributed by atoms with Crippen LogP contribution in [0.15, 0.2) is 34.2 Å². The van der Waals surface area contributed by atoms with Crippen LogP contribution in [0.5, 0.6) is 0 Å². The van der Waals surface area contributed by atoms with Crippen LogP contribution >= 0.6 is 11.3 Å². The van der Waals surface area contributed by atoms with Crippen molar-refractivity contribution in [3.8, 4) is 0 Å². The van der Waals surface area contributed by atoms with Gasteiger partial charge in [0.15, 0.2) is 5.96 Å². The van der Waals surface area contributed by atoms with Crippen molar-refractivity contribution in [1.29, 1.82) is 0 Å². The lowest BCUT2D eigenvalue weighted by atomic mass is 9.91. The third kappa shape index (κ3) is 5.14. The van der Waals surface area contributed by atoms with E-state index in [1.54, 1.807) is 11.3 Å². The van der Waals surface area contributed by atoms with E-state index in [1.165, 1.54) is 10.5 Å². The predicted molar refractivity (Wildman–Crippen MR) is 94.8 cm³/mol. The molecule has 1 aromatic rings. The van der Waals surface area contributed by atoms with Crippen molar-refractivity contribution in [1.82, 2.24) is 10.6 Å². The zero-order valence-electron chi connectivity index (χ0n) is 13.8. The predicted octanol–water partition coefficient (Wildman–Crippen LogP) is 2.93. The molecule has 2 rings (SSSR count). The maximum Gasteiger partial charge on any atom is 0.191 e. The third-order valence-corrected chi connectivity index (χ3v) is 5.14. The number of hydrogen-bond donors (Lipinski definition) is 2. The Kier molecular flexibility index (Phi) is 6.46. The van der Waals surface area contributed by atoms with E-state index in [0.29, 0.717) is 0 Å². The van der Waals surface area contributed by atoms with Gasteiger partial charge in [0.05, 0.1) is 13.2 Å². The molecule has 1 aromatic heterocycles. The molecule has 0 aromatic carbocycles. The van der Waals surface area contributed by atoms with Gasteiger partial charge in [-0.2, -0.15) is 0 Å². The van der Waals surface area contributed by atoms with Crippen molar-refractivity contribution in [2.24, 2.45) is 4.99 Å². The number of nitrogens with zero attached hydrogens (tertiary/aromatic N) is 1. The lowest BCUT2D eigenvalue weighted by Crippen LogP contribution is -2.43. The molecule has 1 aliphatic heterocycles. The maximum atomic E-state index is 5.33. The Morgan fingerprint density at radius 1 is 1.41 bits per heavy atom. The van der Waals surface area contributed by atoms with Gasteiger partial charge in [-0.3, -0.25) is 4.99 Å². The molecule has 0 aliphatic carbocycles. The molecule has 2 heterocycles. The monoisotopic (exact) mass is 321 g/mol. The standard InChI is InChI=1S/C17H27N3OS/c1-17(2,15-5-4-12-22-15)13-20-16(18-3)19-9-6-14-7-10-21-11-8-14/h4-5,7,12H,6,8-11,13H2,1-3H3,(H2,18,19,20). The highest BCUT2D eigenvalue weighted by Gasteiger charge is 2.21. The maximum absolute atomic E-state index is 5.33. The molecule has 0 fully saturated rings. The molecule has 122 valence electrons. The molecule has 2 N–H and O–H groups in total. The number of guanidine groups is 1. The van der Waals surface area contributed by atoms with Crippen LogP contribution in [-0.2, 0) is 10.2 Å². The number of hydrogen-bond acceptors (Lipinski definition) is 3. The second-order valence-electron chi connectivity index (χ2n) is 6.15. The van der Waals surface area contributed by atoms with Gasteiger partial charge in [0, 0.05) is 30.4 Å². The van der Waals surface area contributed by atoms with Gasteiger partial charge in [0.2, 0.25) is 0 Å². The van der Waals surface area contributed by atoms with Crippen LogP contribution in [0, 0.1) is 0 Å². The minimum atomic E-state index is 0.106. The molecule has 4 nitrogen and oxygen atoms in total. The van der Waals surface area contributed by atoms with Crippen LogP contribution in [-0.4, -0.2) is 39.3 Å². The first kappa shape index (κ1) is 17.0. The highest BCUT2D eigenvalue weighted by Crippen LogP contribution is 2.26. The average Bonchev–Trinajstić information content (AvgIpc) is 3.07. The van der Waals surface area contributed by atoms with Crippen LogP contribution < -0.4 is 10.6 Å². The van der Waals surface area contributed by atoms with E-state index in [2.05, 4.69) is 53.1 Å². The second-order valence-corrected chi connectivity index (χ2v) is 7.10. The van der Waals surface area contributed by atoms with Gasteiger partial charge in [-0.25, -0.2) is 0 Å². The molecular formula is C17H27N3OS. The molecule has 0 radical (unpaired) electrons. The summed E-state index contributed by atoms with van der Waals surface area (Å²) in [6.45, 7) is 7.90. The number of thiophene rings is 1. The third-order valence-electron chi connectivity index (χ3n) is 3.91. The lowest BCUT2D eigenvalue weighted by Gasteiger charge is -2.25. The van der Waals surface area contributed by atoms with Gasteiger partial charge >= 0.3 is 0 Å². The summed E-state index contributed by atoms with van der Waals surface area (Å²) < 4.78 is 5.33. The molecule has 0 saturated carbocycles. The normalized spacial score (nSPS) is 16.3. The molecule has 22 heavy (non-hydrogen) atoms. The van der Waals surface area contributed by atoms with Crippen molar-refractivity contribution >= 4 is 17.3 Å². The van der Waals surface area contributed by atoms with Gasteiger partial charge in [-0.15, -0.1) is 11.3 Å². The van der Waals surface area contributed by atoms with Crippen molar-refractivity contribution in [2.45, 2.75) is 32.1 Å². The quantitative estimate of drug-likeness (QED) is 0.481. The van der Waals surface area contributed by atoms with E-state index in [0.717, 1.165) is 45.1 Å². The van der Waals surface area contributed by atoms with Crippen molar-refractivity contribution in [3.63, 3.8) is 0 Å².